The van der Waals surface area contributed by atoms with E-state index in [1.807, 2.05) is 91.0 Å². The van der Waals surface area contributed by atoms with Crippen molar-refractivity contribution in [2.75, 3.05) is 0 Å². The van der Waals surface area contributed by atoms with Crippen LogP contribution in [-0.2, 0) is 23.8 Å². The molecule has 0 aliphatic heterocycles. The summed E-state index contributed by atoms with van der Waals surface area (Å²) in [5, 5.41) is 2.54. The van der Waals surface area contributed by atoms with Crippen LogP contribution in [0.4, 0.5) is 0 Å². The Labute approximate surface area is 174 Å². The maximum atomic E-state index is 14.6. The van der Waals surface area contributed by atoms with Gasteiger partial charge < -0.3 is 4.57 Å². The van der Waals surface area contributed by atoms with Gasteiger partial charge >= 0.3 is 0 Å². The summed E-state index contributed by atoms with van der Waals surface area (Å²) in [7, 11) is -2.97. The van der Waals surface area contributed by atoms with Crippen LogP contribution in [-0.4, -0.2) is 0 Å². The van der Waals surface area contributed by atoms with Crippen molar-refractivity contribution in [3.05, 3.63) is 127 Å². The van der Waals surface area contributed by atoms with Crippen molar-refractivity contribution in [1.29, 1.82) is 0 Å². The third kappa shape index (κ3) is 4.58. The topological polar surface area (TPSA) is 17.1 Å². The molecule has 0 heterocycles. The lowest BCUT2D eigenvalue weighted by atomic mass is 10.1. The largest absolute Gasteiger partial charge is 0.309 e. The van der Waals surface area contributed by atoms with Crippen molar-refractivity contribution in [3.8, 4) is 0 Å². The molecule has 0 amide bonds. The first-order valence-electron chi connectivity index (χ1n) is 9.83. The van der Waals surface area contributed by atoms with Crippen LogP contribution in [0.3, 0.4) is 0 Å². The molecule has 3 rings (SSSR count). The second-order valence-corrected chi connectivity index (χ2v) is 9.85. The maximum Gasteiger partial charge on any atom is 0.171 e. The zero-order chi connectivity index (χ0) is 20.7. The van der Waals surface area contributed by atoms with Crippen LogP contribution in [0.1, 0.15) is 16.7 Å². The van der Waals surface area contributed by atoms with E-state index in [0.29, 0.717) is 0 Å². The fourth-order valence-electron chi connectivity index (χ4n) is 3.47. The number of rotatable bonds is 9. The SMILES string of the molecule is C=CCc1ccc(P(=O)(c2ccc(CC=C)cc2)c2ccc(CC=C)cc2)cc1. The van der Waals surface area contributed by atoms with E-state index in [4.69, 9.17) is 0 Å². The first-order chi connectivity index (χ1) is 14.1. The molecule has 3 aromatic carbocycles. The lowest BCUT2D eigenvalue weighted by Crippen LogP contribution is -2.25. The number of hydrogen-bond donors (Lipinski definition) is 0. The molecular formula is C27H27OP. The van der Waals surface area contributed by atoms with Gasteiger partial charge in [0.15, 0.2) is 7.14 Å². The molecular weight excluding hydrogens is 371 g/mol. The Morgan fingerprint density at radius 3 is 0.966 bits per heavy atom. The summed E-state index contributed by atoms with van der Waals surface area (Å²) in [6.45, 7) is 11.4. The zero-order valence-electron chi connectivity index (χ0n) is 16.8. The van der Waals surface area contributed by atoms with Gasteiger partial charge in [-0.2, -0.15) is 0 Å². The number of hydrogen-bond acceptors (Lipinski definition) is 1. The molecule has 0 radical (unpaired) electrons. The molecule has 146 valence electrons. The molecule has 3 aromatic rings. The molecule has 1 nitrogen and oxygen atoms in total. The van der Waals surface area contributed by atoms with E-state index in [2.05, 4.69) is 19.7 Å². The first-order valence-corrected chi connectivity index (χ1v) is 11.5. The summed E-state index contributed by atoms with van der Waals surface area (Å²) < 4.78 is 14.6. The van der Waals surface area contributed by atoms with Crippen molar-refractivity contribution >= 4 is 23.1 Å². The summed E-state index contributed by atoms with van der Waals surface area (Å²) in [4.78, 5) is 0. The molecule has 0 aliphatic carbocycles. The van der Waals surface area contributed by atoms with Crippen LogP contribution in [0.5, 0.6) is 0 Å². The maximum absolute atomic E-state index is 14.6. The van der Waals surface area contributed by atoms with Gasteiger partial charge in [-0.05, 0) is 36.0 Å². The summed E-state index contributed by atoms with van der Waals surface area (Å²) in [5.74, 6) is 0. The Hall–Kier alpha value is -2.89. The van der Waals surface area contributed by atoms with Crippen molar-refractivity contribution in [2.24, 2.45) is 0 Å². The molecule has 29 heavy (non-hydrogen) atoms. The molecule has 0 bridgehead atoms. The molecule has 0 saturated heterocycles. The third-order valence-electron chi connectivity index (χ3n) is 5.04. The Morgan fingerprint density at radius 1 is 0.517 bits per heavy atom. The highest BCUT2D eigenvalue weighted by molar-refractivity contribution is 7.85. The van der Waals surface area contributed by atoms with Crippen LogP contribution < -0.4 is 15.9 Å². The standard InChI is InChI=1S/C27H27OP/c1-4-7-22-10-16-25(17-11-22)29(28,26-18-12-23(8-5-2)13-19-26)27-20-14-24(9-6-3)15-21-27/h4-6,10-21H,1-3,7-9H2. The minimum Gasteiger partial charge on any atom is -0.309 e. The Kier molecular flexibility index (Phi) is 6.86. The summed E-state index contributed by atoms with van der Waals surface area (Å²) >= 11 is 0. The van der Waals surface area contributed by atoms with Gasteiger partial charge in [0, 0.05) is 15.9 Å². The van der Waals surface area contributed by atoms with Gasteiger partial charge in [0.2, 0.25) is 0 Å². The van der Waals surface area contributed by atoms with Gasteiger partial charge in [-0.1, -0.05) is 91.0 Å². The quantitative estimate of drug-likeness (QED) is 0.343. The lowest BCUT2D eigenvalue weighted by molar-refractivity contribution is 0.592. The van der Waals surface area contributed by atoms with E-state index < -0.39 is 7.14 Å². The van der Waals surface area contributed by atoms with E-state index in [1.54, 1.807) is 0 Å². The summed E-state index contributed by atoms with van der Waals surface area (Å²) in [6, 6.07) is 24.2. The number of allylic oxidation sites excluding steroid dienone is 3. The van der Waals surface area contributed by atoms with Crippen molar-refractivity contribution in [2.45, 2.75) is 19.3 Å². The Morgan fingerprint density at radius 2 is 0.759 bits per heavy atom. The summed E-state index contributed by atoms with van der Waals surface area (Å²) in [5.41, 5.74) is 3.49. The smallest absolute Gasteiger partial charge is 0.171 e. The molecule has 2 heteroatoms. The highest BCUT2D eigenvalue weighted by Crippen LogP contribution is 2.42. The van der Waals surface area contributed by atoms with Gasteiger partial charge in [-0.15, -0.1) is 19.7 Å². The van der Waals surface area contributed by atoms with E-state index in [1.165, 1.54) is 0 Å². The number of benzene rings is 3. The minimum atomic E-state index is -2.97. The van der Waals surface area contributed by atoms with E-state index in [-0.39, 0.29) is 0 Å². The minimum absolute atomic E-state index is 0.803. The average Bonchev–Trinajstić information content (AvgIpc) is 2.75. The van der Waals surface area contributed by atoms with Crippen molar-refractivity contribution < 1.29 is 4.57 Å². The second-order valence-electron chi connectivity index (χ2n) is 7.09. The van der Waals surface area contributed by atoms with E-state index in [9.17, 15) is 4.57 Å². The van der Waals surface area contributed by atoms with Gasteiger partial charge in [0.25, 0.3) is 0 Å². The molecule has 0 N–H and O–H groups in total. The predicted molar refractivity (Wildman–Crippen MR) is 128 cm³/mol. The van der Waals surface area contributed by atoms with Crippen LogP contribution in [0.25, 0.3) is 0 Å². The normalized spacial score (nSPS) is 11.0. The van der Waals surface area contributed by atoms with Gasteiger partial charge in [0.1, 0.15) is 0 Å². The molecule has 0 aliphatic rings. The molecule has 0 atom stereocenters. The molecule has 0 spiro atoms. The highest BCUT2D eigenvalue weighted by atomic mass is 31.2. The van der Waals surface area contributed by atoms with E-state index >= 15 is 0 Å². The highest BCUT2D eigenvalue weighted by Gasteiger charge is 2.29. The van der Waals surface area contributed by atoms with Gasteiger partial charge in [0.05, 0.1) is 0 Å². The first kappa shape index (κ1) is 20.8. The Bertz CT molecular complexity index is 889. The van der Waals surface area contributed by atoms with Crippen molar-refractivity contribution in [1.82, 2.24) is 0 Å². The molecule has 0 unspecified atom stereocenters. The monoisotopic (exact) mass is 398 g/mol. The van der Waals surface area contributed by atoms with Crippen LogP contribution in [0.2, 0.25) is 0 Å². The fourth-order valence-corrected chi connectivity index (χ4v) is 6.07. The molecule has 0 saturated carbocycles. The Balaban J connectivity index is 2.11. The van der Waals surface area contributed by atoms with Crippen LogP contribution in [0.15, 0.2) is 111 Å². The third-order valence-corrected chi connectivity index (χ3v) is 8.12. The summed E-state index contributed by atoms with van der Waals surface area (Å²) in [6.07, 6.45) is 8.05. The average molecular weight is 398 g/mol. The van der Waals surface area contributed by atoms with Gasteiger partial charge in [-0.25, -0.2) is 0 Å². The molecule has 0 fully saturated rings. The molecule has 0 aromatic heterocycles. The van der Waals surface area contributed by atoms with Crippen LogP contribution >= 0.6 is 7.14 Å². The fraction of sp³-hybridized carbons (Fsp3) is 0.111. The van der Waals surface area contributed by atoms with Crippen molar-refractivity contribution in [3.63, 3.8) is 0 Å². The second kappa shape index (κ2) is 9.54. The van der Waals surface area contributed by atoms with Crippen LogP contribution in [0, 0.1) is 0 Å². The zero-order valence-corrected chi connectivity index (χ0v) is 17.7. The van der Waals surface area contributed by atoms with E-state index in [0.717, 1.165) is 51.9 Å². The lowest BCUT2D eigenvalue weighted by Gasteiger charge is -2.21. The van der Waals surface area contributed by atoms with Gasteiger partial charge in [-0.3, -0.25) is 0 Å². The predicted octanol–water partition coefficient (Wildman–Crippen LogP) is 5.51.